The predicted molar refractivity (Wildman–Crippen MR) is 98.3 cm³/mol. The van der Waals surface area contributed by atoms with Crippen LogP contribution in [-0.2, 0) is 29.2 Å². The lowest BCUT2D eigenvalue weighted by Gasteiger charge is -2.34. The van der Waals surface area contributed by atoms with Gasteiger partial charge in [0.05, 0.1) is 5.92 Å². The van der Waals surface area contributed by atoms with Crippen LogP contribution in [0.4, 0.5) is 0 Å². The van der Waals surface area contributed by atoms with Crippen molar-refractivity contribution in [3.63, 3.8) is 0 Å². The third-order valence-electron chi connectivity index (χ3n) is 5.43. The number of fused-ring (bicyclic) bond motifs is 1. The Morgan fingerprint density at radius 2 is 2.12 bits per heavy atom. The summed E-state index contributed by atoms with van der Waals surface area (Å²) in [5.41, 5.74) is 2.32. The van der Waals surface area contributed by atoms with Crippen LogP contribution < -0.4 is 5.32 Å². The first-order valence-electron chi connectivity index (χ1n) is 9.42. The van der Waals surface area contributed by atoms with E-state index < -0.39 is 0 Å². The second-order valence-corrected chi connectivity index (χ2v) is 7.20. The highest BCUT2D eigenvalue weighted by Crippen LogP contribution is 2.23. The summed E-state index contributed by atoms with van der Waals surface area (Å²) in [6.07, 6.45) is 7.72. The molecule has 26 heavy (non-hydrogen) atoms. The van der Waals surface area contributed by atoms with E-state index in [9.17, 15) is 4.79 Å². The topological polar surface area (TPSA) is 59.4 Å². The van der Waals surface area contributed by atoms with Gasteiger partial charge in [-0.05, 0) is 36.6 Å². The number of rotatable bonds is 4. The van der Waals surface area contributed by atoms with Crippen molar-refractivity contribution in [3.05, 3.63) is 54.1 Å². The van der Waals surface area contributed by atoms with Crippen molar-refractivity contribution in [2.75, 3.05) is 19.8 Å². The summed E-state index contributed by atoms with van der Waals surface area (Å²) in [5.74, 6) is 0.0654. The summed E-state index contributed by atoms with van der Waals surface area (Å²) in [7, 11) is 0. The van der Waals surface area contributed by atoms with E-state index in [-0.39, 0.29) is 11.8 Å². The number of aromatic nitrogens is 2. The minimum absolute atomic E-state index is 0.0526. The van der Waals surface area contributed by atoms with E-state index in [2.05, 4.69) is 38.1 Å². The van der Waals surface area contributed by atoms with Crippen molar-refractivity contribution in [2.45, 2.75) is 38.5 Å². The Bertz CT molecular complexity index is 724. The molecule has 0 radical (unpaired) electrons. The Labute approximate surface area is 154 Å². The highest BCUT2D eigenvalue weighted by atomic mass is 16.5. The van der Waals surface area contributed by atoms with Gasteiger partial charge >= 0.3 is 0 Å². The third kappa shape index (κ3) is 3.97. The standard InChI is InChI=1S/C20H26N4O2/c25-20(22-12-16-3-1-7-21-11-16)17-13-23-8-2-4-19(23)15-24(14-17)18-5-9-26-10-6-18/h1-4,7-8,11,17-18H,5-6,9-10,12-15H2,(H,22,25)/t17-/m1/s1. The van der Waals surface area contributed by atoms with Crippen molar-refractivity contribution >= 4 is 5.91 Å². The third-order valence-corrected chi connectivity index (χ3v) is 5.43. The Morgan fingerprint density at radius 3 is 2.92 bits per heavy atom. The average molecular weight is 354 g/mol. The van der Waals surface area contributed by atoms with Crippen LogP contribution in [0.3, 0.4) is 0 Å². The summed E-state index contributed by atoms with van der Waals surface area (Å²) in [6.45, 7) is 4.61. The number of carbonyl (C=O) groups is 1. The first-order chi connectivity index (χ1) is 12.8. The molecule has 1 N–H and O–H groups in total. The Balaban J connectivity index is 1.46. The minimum Gasteiger partial charge on any atom is -0.381 e. The summed E-state index contributed by atoms with van der Waals surface area (Å²) in [6, 6.07) is 8.62. The molecule has 6 nitrogen and oxygen atoms in total. The number of nitrogens with zero attached hydrogens (tertiary/aromatic N) is 3. The number of nitrogens with one attached hydrogen (secondary N) is 1. The molecule has 1 atom stereocenters. The molecule has 0 saturated carbocycles. The van der Waals surface area contributed by atoms with Crippen LogP contribution in [0.2, 0.25) is 0 Å². The molecule has 138 valence electrons. The maximum Gasteiger partial charge on any atom is 0.226 e. The van der Waals surface area contributed by atoms with Gasteiger partial charge in [-0.3, -0.25) is 14.7 Å². The van der Waals surface area contributed by atoms with E-state index in [0.29, 0.717) is 12.6 Å². The lowest BCUT2D eigenvalue weighted by molar-refractivity contribution is -0.126. The first-order valence-corrected chi connectivity index (χ1v) is 9.42. The van der Waals surface area contributed by atoms with Gasteiger partial charge in [-0.1, -0.05) is 6.07 Å². The summed E-state index contributed by atoms with van der Waals surface area (Å²) in [4.78, 5) is 19.5. The van der Waals surface area contributed by atoms with Crippen molar-refractivity contribution in [2.24, 2.45) is 5.92 Å². The van der Waals surface area contributed by atoms with Crippen LogP contribution in [0.5, 0.6) is 0 Å². The average Bonchev–Trinajstić information content (AvgIpc) is 3.04. The van der Waals surface area contributed by atoms with E-state index in [1.54, 1.807) is 12.4 Å². The molecular weight excluding hydrogens is 328 g/mol. The van der Waals surface area contributed by atoms with Crippen molar-refractivity contribution in [1.29, 1.82) is 0 Å². The lowest BCUT2D eigenvalue weighted by Crippen LogP contribution is -2.44. The SMILES string of the molecule is O=C(NCc1cccnc1)[C@H]1CN(C2CCOCC2)Cc2cccn2C1. The second-order valence-electron chi connectivity index (χ2n) is 7.20. The van der Waals surface area contributed by atoms with Crippen molar-refractivity contribution in [1.82, 2.24) is 19.8 Å². The lowest BCUT2D eigenvalue weighted by atomic mass is 10.0. The Hall–Kier alpha value is -2.18. The molecule has 2 aromatic heterocycles. The second kappa shape index (κ2) is 8.01. The van der Waals surface area contributed by atoms with Crippen LogP contribution in [0.25, 0.3) is 0 Å². The monoisotopic (exact) mass is 354 g/mol. The van der Waals surface area contributed by atoms with Gasteiger partial charge in [-0.2, -0.15) is 0 Å². The van der Waals surface area contributed by atoms with E-state index in [4.69, 9.17) is 4.74 Å². The minimum atomic E-state index is -0.0526. The van der Waals surface area contributed by atoms with Crippen LogP contribution >= 0.6 is 0 Å². The number of hydrogen-bond donors (Lipinski definition) is 1. The van der Waals surface area contributed by atoms with E-state index in [0.717, 1.165) is 51.3 Å². The molecular formula is C20H26N4O2. The molecule has 1 saturated heterocycles. The molecule has 0 spiro atoms. The van der Waals surface area contributed by atoms with Gasteiger partial charge in [-0.15, -0.1) is 0 Å². The van der Waals surface area contributed by atoms with Crippen LogP contribution in [0.1, 0.15) is 24.1 Å². The molecule has 2 aliphatic heterocycles. The van der Waals surface area contributed by atoms with Crippen LogP contribution in [-0.4, -0.2) is 46.2 Å². The van der Waals surface area contributed by atoms with Gasteiger partial charge in [0.2, 0.25) is 5.91 Å². The molecule has 2 aromatic rings. The van der Waals surface area contributed by atoms with Crippen molar-refractivity contribution in [3.8, 4) is 0 Å². The fourth-order valence-electron chi connectivity index (χ4n) is 3.95. The van der Waals surface area contributed by atoms with Gasteiger partial charge in [0.15, 0.2) is 0 Å². The molecule has 0 unspecified atom stereocenters. The van der Waals surface area contributed by atoms with E-state index in [1.165, 1.54) is 5.69 Å². The number of carbonyl (C=O) groups excluding carboxylic acids is 1. The predicted octanol–water partition coefficient (Wildman–Crippen LogP) is 1.81. The van der Waals surface area contributed by atoms with E-state index in [1.807, 2.05) is 12.1 Å². The maximum atomic E-state index is 12.9. The fraction of sp³-hybridized carbons (Fsp3) is 0.500. The molecule has 1 fully saturated rings. The van der Waals surface area contributed by atoms with Gasteiger partial charge in [0.1, 0.15) is 0 Å². The summed E-state index contributed by atoms with van der Waals surface area (Å²) < 4.78 is 7.75. The highest BCUT2D eigenvalue weighted by Gasteiger charge is 2.31. The molecule has 1 amide bonds. The van der Waals surface area contributed by atoms with Gasteiger partial charge < -0.3 is 14.6 Å². The molecule has 0 aliphatic carbocycles. The summed E-state index contributed by atoms with van der Waals surface area (Å²) >= 11 is 0. The zero-order valence-electron chi connectivity index (χ0n) is 15.0. The molecule has 0 bridgehead atoms. The smallest absolute Gasteiger partial charge is 0.226 e. The molecule has 4 heterocycles. The Kier molecular flexibility index (Phi) is 5.32. The van der Waals surface area contributed by atoms with Crippen molar-refractivity contribution < 1.29 is 9.53 Å². The van der Waals surface area contributed by atoms with E-state index >= 15 is 0 Å². The molecule has 6 heteroatoms. The van der Waals surface area contributed by atoms with Crippen LogP contribution in [0, 0.1) is 5.92 Å². The largest absolute Gasteiger partial charge is 0.381 e. The zero-order chi connectivity index (χ0) is 17.8. The zero-order valence-corrected chi connectivity index (χ0v) is 15.0. The maximum absolute atomic E-state index is 12.9. The number of pyridine rings is 1. The van der Waals surface area contributed by atoms with Gasteiger partial charge in [0.25, 0.3) is 0 Å². The quantitative estimate of drug-likeness (QED) is 0.910. The fourth-order valence-corrected chi connectivity index (χ4v) is 3.95. The highest BCUT2D eigenvalue weighted by molar-refractivity contribution is 5.78. The number of ether oxygens (including phenoxy) is 1. The summed E-state index contributed by atoms with van der Waals surface area (Å²) in [5, 5.41) is 3.10. The normalized spacial score (nSPS) is 21.8. The van der Waals surface area contributed by atoms with Crippen LogP contribution in [0.15, 0.2) is 42.9 Å². The number of hydrogen-bond acceptors (Lipinski definition) is 4. The molecule has 4 rings (SSSR count). The first kappa shape index (κ1) is 17.2. The number of amides is 1. The van der Waals surface area contributed by atoms with Gasteiger partial charge in [0, 0.05) is 69.7 Å². The molecule has 0 aromatic carbocycles. The van der Waals surface area contributed by atoms with Gasteiger partial charge in [-0.25, -0.2) is 0 Å². The Morgan fingerprint density at radius 1 is 1.23 bits per heavy atom. The molecule has 2 aliphatic rings.